The zero-order chi connectivity index (χ0) is 22.3. The van der Waals surface area contributed by atoms with Crippen LogP contribution in [0.3, 0.4) is 0 Å². The molecule has 3 aromatic rings. The van der Waals surface area contributed by atoms with Gasteiger partial charge in [0, 0.05) is 13.2 Å². The Morgan fingerprint density at radius 3 is 2.52 bits per heavy atom. The number of hydrogen-bond donors (Lipinski definition) is 0. The molecule has 0 bridgehead atoms. The van der Waals surface area contributed by atoms with Gasteiger partial charge in [0.25, 0.3) is 5.91 Å². The molecule has 2 heterocycles. The zero-order valence-corrected chi connectivity index (χ0v) is 18.2. The lowest BCUT2D eigenvalue weighted by Crippen LogP contribution is -2.31. The summed E-state index contributed by atoms with van der Waals surface area (Å²) in [5.41, 5.74) is 2.96. The molecule has 4 rings (SSSR count). The quantitative estimate of drug-likeness (QED) is 0.529. The van der Waals surface area contributed by atoms with E-state index in [1.54, 1.807) is 23.1 Å². The van der Waals surface area contributed by atoms with Gasteiger partial charge in [-0.05, 0) is 69.0 Å². The highest BCUT2D eigenvalue weighted by Crippen LogP contribution is 2.38. The van der Waals surface area contributed by atoms with Crippen molar-refractivity contribution in [3.63, 3.8) is 0 Å². The number of benzene rings is 2. The minimum atomic E-state index is -0.622. The van der Waals surface area contributed by atoms with E-state index in [0.29, 0.717) is 41.7 Å². The van der Waals surface area contributed by atoms with E-state index in [9.17, 15) is 14.0 Å². The molecule has 6 heteroatoms. The fourth-order valence-electron chi connectivity index (χ4n) is 4.29. The summed E-state index contributed by atoms with van der Waals surface area (Å²) in [6.07, 6.45) is 0.709. The molecule has 0 radical (unpaired) electrons. The molecule has 1 amide bonds. The minimum absolute atomic E-state index is 0.0709. The molecule has 0 fully saturated rings. The fraction of sp³-hybridized carbons (Fsp3) is 0.360. The maximum absolute atomic E-state index is 13.6. The van der Waals surface area contributed by atoms with Gasteiger partial charge in [-0.3, -0.25) is 9.59 Å². The van der Waals surface area contributed by atoms with Crippen LogP contribution in [0.4, 0.5) is 4.39 Å². The summed E-state index contributed by atoms with van der Waals surface area (Å²) in [6, 6.07) is 9.00. The van der Waals surface area contributed by atoms with Gasteiger partial charge in [-0.1, -0.05) is 18.2 Å². The van der Waals surface area contributed by atoms with Crippen molar-refractivity contribution < 1.29 is 18.3 Å². The Morgan fingerprint density at radius 2 is 1.84 bits per heavy atom. The van der Waals surface area contributed by atoms with Crippen LogP contribution < -0.4 is 5.43 Å². The van der Waals surface area contributed by atoms with E-state index in [-0.39, 0.29) is 29.0 Å². The van der Waals surface area contributed by atoms with Crippen LogP contribution in [0.1, 0.15) is 59.1 Å². The van der Waals surface area contributed by atoms with E-state index in [2.05, 4.69) is 0 Å². The molecule has 1 aliphatic rings. The lowest BCUT2D eigenvalue weighted by atomic mass is 9.97. The van der Waals surface area contributed by atoms with Crippen LogP contribution in [-0.4, -0.2) is 30.1 Å². The number of aryl methyl sites for hydroxylation is 2. The van der Waals surface area contributed by atoms with Crippen molar-refractivity contribution >= 4 is 16.9 Å². The lowest BCUT2D eigenvalue weighted by molar-refractivity contribution is 0.0593. The van der Waals surface area contributed by atoms with Gasteiger partial charge in [0.1, 0.15) is 11.4 Å². The van der Waals surface area contributed by atoms with E-state index in [0.717, 1.165) is 11.1 Å². The summed E-state index contributed by atoms with van der Waals surface area (Å²) in [5.74, 6) is -0.629. The molecule has 2 aromatic carbocycles. The Hall–Kier alpha value is -2.99. The number of carbonyl (C=O) groups excluding carboxylic acids is 1. The van der Waals surface area contributed by atoms with Gasteiger partial charge in [0.15, 0.2) is 5.43 Å². The standard InChI is InChI=1S/C25H26FNO4/c1-14(2)30-11-5-10-27-22(17-6-8-18(26)9-7-17)21-23(28)20-16(4)12-15(3)13-19(20)31-24(21)25(27)29/h6-9,12-14,22H,5,10-11H2,1-4H3. The molecule has 5 nitrogen and oxygen atoms in total. The van der Waals surface area contributed by atoms with Crippen molar-refractivity contribution in [3.8, 4) is 0 Å². The van der Waals surface area contributed by atoms with E-state index in [4.69, 9.17) is 9.15 Å². The second kappa shape index (κ2) is 8.27. The first-order valence-electron chi connectivity index (χ1n) is 10.5. The van der Waals surface area contributed by atoms with Crippen LogP contribution in [0.15, 0.2) is 45.6 Å². The lowest BCUT2D eigenvalue weighted by Gasteiger charge is -2.25. The molecule has 1 aromatic heterocycles. The van der Waals surface area contributed by atoms with Gasteiger partial charge in [-0.15, -0.1) is 0 Å². The number of carbonyl (C=O) groups is 1. The van der Waals surface area contributed by atoms with Crippen molar-refractivity contribution in [1.82, 2.24) is 4.90 Å². The van der Waals surface area contributed by atoms with E-state index < -0.39 is 6.04 Å². The molecule has 1 unspecified atom stereocenters. The summed E-state index contributed by atoms with van der Waals surface area (Å²) in [4.78, 5) is 28.5. The number of rotatable bonds is 6. The summed E-state index contributed by atoms with van der Waals surface area (Å²) < 4.78 is 25.2. The van der Waals surface area contributed by atoms with E-state index >= 15 is 0 Å². The number of halogens is 1. The molecular formula is C25H26FNO4. The monoisotopic (exact) mass is 423 g/mol. The molecule has 1 atom stereocenters. The maximum Gasteiger partial charge on any atom is 0.290 e. The molecule has 0 spiro atoms. The van der Waals surface area contributed by atoms with Crippen LogP contribution in [0, 0.1) is 19.7 Å². The summed E-state index contributed by atoms with van der Waals surface area (Å²) in [5, 5.41) is 0.481. The molecular weight excluding hydrogens is 397 g/mol. The molecule has 0 aliphatic carbocycles. The predicted molar refractivity (Wildman–Crippen MR) is 117 cm³/mol. The zero-order valence-electron chi connectivity index (χ0n) is 18.2. The highest BCUT2D eigenvalue weighted by atomic mass is 19.1. The van der Waals surface area contributed by atoms with Gasteiger partial charge < -0.3 is 14.1 Å². The van der Waals surface area contributed by atoms with Crippen LogP contribution in [0.25, 0.3) is 11.0 Å². The topological polar surface area (TPSA) is 59.8 Å². The van der Waals surface area contributed by atoms with Crippen molar-refractivity contribution in [3.05, 3.63) is 80.5 Å². The van der Waals surface area contributed by atoms with Gasteiger partial charge in [-0.25, -0.2) is 4.39 Å². The summed E-state index contributed by atoms with van der Waals surface area (Å²) in [7, 11) is 0. The second-order valence-electron chi connectivity index (χ2n) is 8.35. The maximum atomic E-state index is 13.6. The number of ether oxygens (including phenoxy) is 1. The first-order chi connectivity index (χ1) is 14.8. The molecule has 0 N–H and O–H groups in total. The molecule has 1 aliphatic heterocycles. The first-order valence-corrected chi connectivity index (χ1v) is 10.5. The minimum Gasteiger partial charge on any atom is -0.450 e. The van der Waals surface area contributed by atoms with Gasteiger partial charge in [0.2, 0.25) is 5.76 Å². The molecule has 162 valence electrons. The largest absolute Gasteiger partial charge is 0.450 e. The molecule has 31 heavy (non-hydrogen) atoms. The third kappa shape index (κ3) is 3.88. The first kappa shape index (κ1) is 21.2. The van der Waals surface area contributed by atoms with Crippen molar-refractivity contribution in [1.29, 1.82) is 0 Å². The highest BCUT2D eigenvalue weighted by Gasteiger charge is 2.42. The van der Waals surface area contributed by atoms with E-state index in [1.807, 2.05) is 33.8 Å². The molecule has 0 saturated carbocycles. The SMILES string of the molecule is Cc1cc(C)c2c(=O)c3c(oc2c1)C(=O)N(CCCOC(C)C)C3c1ccc(F)cc1. The van der Waals surface area contributed by atoms with Crippen molar-refractivity contribution in [2.24, 2.45) is 0 Å². The number of amides is 1. The van der Waals surface area contributed by atoms with Crippen LogP contribution in [0.2, 0.25) is 0 Å². The fourth-order valence-corrected chi connectivity index (χ4v) is 4.29. The predicted octanol–water partition coefficient (Wildman–Crippen LogP) is 4.91. The highest BCUT2D eigenvalue weighted by molar-refractivity contribution is 5.99. The smallest absolute Gasteiger partial charge is 0.290 e. The number of hydrogen-bond acceptors (Lipinski definition) is 4. The van der Waals surface area contributed by atoms with Crippen LogP contribution in [-0.2, 0) is 4.74 Å². The van der Waals surface area contributed by atoms with Crippen LogP contribution >= 0.6 is 0 Å². The Kier molecular flexibility index (Phi) is 5.67. The number of fused-ring (bicyclic) bond motifs is 2. The van der Waals surface area contributed by atoms with E-state index in [1.165, 1.54) is 12.1 Å². The van der Waals surface area contributed by atoms with Gasteiger partial charge in [0.05, 0.1) is 23.1 Å². The third-order valence-corrected chi connectivity index (χ3v) is 5.59. The Labute approximate surface area is 180 Å². The van der Waals surface area contributed by atoms with Crippen molar-refractivity contribution in [2.45, 2.75) is 46.3 Å². The average molecular weight is 423 g/mol. The Morgan fingerprint density at radius 1 is 1.13 bits per heavy atom. The second-order valence-corrected chi connectivity index (χ2v) is 8.35. The van der Waals surface area contributed by atoms with Gasteiger partial charge >= 0.3 is 0 Å². The third-order valence-electron chi connectivity index (χ3n) is 5.59. The van der Waals surface area contributed by atoms with Crippen molar-refractivity contribution in [2.75, 3.05) is 13.2 Å². The summed E-state index contributed by atoms with van der Waals surface area (Å²) in [6.45, 7) is 8.58. The molecule has 0 saturated heterocycles. The normalized spacial score (nSPS) is 15.9. The van der Waals surface area contributed by atoms with Gasteiger partial charge in [-0.2, -0.15) is 0 Å². The number of nitrogens with zero attached hydrogens (tertiary/aromatic N) is 1. The van der Waals surface area contributed by atoms with Crippen LogP contribution in [0.5, 0.6) is 0 Å². The summed E-state index contributed by atoms with van der Waals surface area (Å²) >= 11 is 0. The Balaban J connectivity index is 1.85. The average Bonchev–Trinajstić information content (AvgIpc) is 2.97. The Bertz CT molecular complexity index is 1200.